The van der Waals surface area contributed by atoms with Crippen LogP contribution < -0.4 is 0 Å². The number of rotatable bonds is 4. The van der Waals surface area contributed by atoms with Gasteiger partial charge in [0.2, 0.25) is 5.91 Å². The Morgan fingerprint density at radius 2 is 2.08 bits per heavy atom. The lowest BCUT2D eigenvalue weighted by Gasteiger charge is -2.26. The summed E-state index contributed by atoms with van der Waals surface area (Å²) in [5.74, 6) is -0.562. The molecule has 2 heterocycles. The molecule has 2 aliphatic heterocycles. The number of fused-ring (bicyclic) bond motifs is 1. The monoisotopic (exact) mass is 348 g/mol. The van der Waals surface area contributed by atoms with Crippen molar-refractivity contribution in [1.29, 1.82) is 0 Å². The van der Waals surface area contributed by atoms with Crippen molar-refractivity contribution in [1.82, 2.24) is 9.80 Å². The van der Waals surface area contributed by atoms with Crippen LogP contribution in [0.4, 0.5) is 0 Å². The molecule has 1 aromatic rings. The van der Waals surface area contributed by atoms with Gasteiger partial charge in [0.15, 0.2) is 0 Å². The van der Waals surface area contributed by atoms with Crippen LogP contribution in [0, 0.1) is 0 Å². The highest BCUT2D eigenvalue weighted by Crippen LogP contribution is 2.37. The van der Waals surface area contributed by atoms with E-state index in [1.165, 1.54) is 10.5 Å². The Labute approximate surface area is 147 Å². The van der Waals surface area contributed by atoms with Gasteiger partial charge in [-0.3, -0.25) is 14.5 Å². The van der Waals surface area contributed by atoms with E-state index >= 15 is 0 Å². The zero-order chi connectivity index (χ0) is 17.1. The average Bonchev–Trinajstić information content (AvgIpc) is 2.82. The number of hydrogen-bond donors (Lipinski definition) is 1. The van der Waals surface area contributed by atoms with Crippen LogP contribution in [0.1, 0.15) is 24.8 Å². The van der Waals surface area contributed by atoms with Gasteiger partial charge in [-0.05, 0) is 44.4 Å². The van der Waals surface area contributed by atoms with E-state index in [1.807, 2.05) is 29.0 Å². The fourth-order valence-corrected chi connectivity index (χ4v) is 4.89. The highest BCUT2D eigenvalue weighted by Gasteiger charge is 2.32. The summed E-state index contributed by atoms with van der Waals surface area (Å²) in [6, 6.07) is 8.49. The lowest BCUT2D eigenvalue weighted by molar-refractivity contribution is -0.138. The van der Waals surface area contributed by atoms with Crippen molar-refractivity contribution in [2.24, 2.45) is 0 Å². The number of benzene rings is 1. The first-order valence-electron chi connectivity index (χ1n) is 8.50. The van der Waals surface area contributed by atoms with Crippen molar-refractivity contribution in [2.75, 3.05) is 26.7 Å². The van der Waals surface area contributed by atoms with Gasteiger partial charge in [0.05, 0.1) is 11.8 Å². The van der Waals surface area contributed by atoms with E-state index in [-0.39, 0.29) is 23.7 Å². The predicted octanol–water partition coefficient (Wildman–Crippen LogP) is 2.10. The van der Waals surface area contributed by atoms with E-state index in [0.717, 1.165) is 38.8 Å². The maximum atomic E-state index is 12.9. The summed E-state index contributed by atoms with van der Waals surface area (Å²) in [4.78, 5) is 28.9. The molecule has 0 radical (unpaired) electrons. The molecule has 2 unspecified atom stereocenters. The molecule has 0 saturated carbocycles. The number of nitrogens with zero attached hydrogens (tertiary/aromatic N) is 2. The molecule has 0 bridgehead atoms. The molecule has 130 valence electrons. The largest absolute Gasteiger partial charge is 0.480 e. The average molecular weight is 348 g/mol. The standard InChI is InChI=1S/C18H24N2O3S/c1-19(12-17(21)22)14-6-4-9-20(10-8-14)18(23)16-11-13-5-2-3-7-15(13)24-16/h2-3,5,7,14,16H,4,6,8-12H2,1H3,(H,21,22). The van der Waals surface area contributed by atoms with E-state index in [9.17, 15) is 9.59 Å². The van der Waals surface area contributed by atoms with E-state index < -0.39 is 5.97 Å². The quantitative estimate of drug-likeness (QED) is 0.903. The third-order valence-electron chi connectivity index (χ3n) is 4.94. The van der Waals surface area contributed by atoms with Crippen LogP contribution in [-0.2, 0) is 16.0 Å². The molecule has 1 aromatic carbocycles. The topological polar surface area (TPSA) is 60.9 Å². The SMILES string of the molecule is CN(CC(=O)O)C1CCCN(C(=O)C2Cc3ccccc3S2)CC1. The number of carboxylic acid groups (broad SMARTS) is 1. The molecular weight excluding hydrogens is 324 g/mol. The Balaban J connectivity index is 1.57. The van der Waals surface area contributed by atoms with Crippen molar-refractivity contribution >= 4 is 23.6 Å². The Morgan fingerprint density at radius 3 is 2.83 bits per heavy atom. The number of aliphatic carboxylic acids is 1. The van der Waals surface area contributed by atoms with Crippen molar-refractivity contribution in [3.63, 3.8) is 0 Å². The second-order valence-electron chi connectivity index (χ2n) is 6.64. The molecular formula is C18H24N2O3S. The number of likely N-dealkylation sites (N-methyl/N-ethyl adjacent to an activating group) is 1. The molecule has 2 atom stereocenters. The maximum absolute atomic E-state index is 12.9. The summed E-state index contributed by atoms with van der Waals surface area (Å²) < 4.78 is 0. The van der Waals surface area contributed by atoms with Crippen molar-refractivity contribution in [3.05, 3.63) is 29.8 Å². The van der Waals surface area contributed by atoms with E-state index in [0.29, 0.717) is 0 Å². The van der Waals surface area contributed by atoms with Gasteiger partial charge in [-0.2, -0.15) is 0 Å². The molecule has 5 nitrogen and oxygen atoms in total. The predicted molar refractivity (Wildman–Crippen MR) is 94.3 cm³/mol. The van der Waals surface area contributed by atoms with Gasteiger partial charge in [0.25, 0.3) is 0 Å². The smallest absolute Gasteiger partial charge is 0.317 e. The van der Waals surface area contributed by atoms with E-state index in [4.69, 9.17) is 5.11 Å². The summed E-state index contributed by atoms with van der Waals surface area (Å²) in [7, 11) is 1.86. The summed E-state index contributed by atoms with van der Waals surface area (Å²) in [5, 5.41) is 8.94. The van der Waals surface area contributed by atoms with Gasteiger partial charge < -0.3 is 10.0 Å². The normalized spacial score (nSPS) is 23.8. The number of thioether (sulfide) groups is 1. The molecule has 0 aliphatic carbocycles. The van der Waals surface area contributed by atoms with Crippen LogP contribution in [0.3, 0.4) is 0 Å². The Kier molecular flexibility index (Phi) is 5.46. The van der Waals surface area contributed by atoms with Crippen molar-refractivity contribution in [3.8, 4) is 0 Å². The first-order chi connectivity index (χ1) is 11.5. The van der Waals surface area contributed by atoms with Gasteiger partial charge in [-0.1, -0.05) is 18.2 Å². The van der Waals surface area contributed by atoms with Gasteiger partial charge >= 0.3 is 5.97 Å². The molecule has 1 amide bonds. The number of likely N-dealkylation sites (tertiary alicyclic amines) is 1. The molecule has 1 saturated heterocycles. The molecule has 3 rings (SSSR count). The zero-order valence-electron chi connectivity index (χ0n) is 14.0. The molecule has 0 aromatic heterocycles. The Hall–Kier alpha value is -1.53. The van der Waals surface area contributed by atoms with Gasteiger partial charge in [0, 0.05) is 24.0 Å². The lowest BCUT2D eigenvalue weighted by Crippen LogP contribution is -2.40. The van der Waals surface area contributed by atoms with E-state index in [1.54, 1.807) is 11.8 Å². The summed E-state index contributed by atoms with van der Waals surface area (Å²) in [6.45, 7) is 1.57. The van der Waals surface area contributed by atoms with Crippen LogP contribution >= 0.6 is 11.8 Å². The van der Waals surface area contributed by atoms with Crippen molar-refractivity contribution < 1.29 is 14.7 Å². The third-order valence-corrected chi connectivity index (χ3v) is 6.24. The van der Waals surface area contributed by atoms with Crippen LogP contribution in [0.5, 0.6) is 0 Å². The molecule has 1 N–H and O–H groups in total. The number of hydrogen-bond acceptors (Lipinski definition) is 4. The minimum Gasteiger partial charge on any atom is -0.480 e. The number of amides is 1. The van der Waals surface area contributed by atoms with Crippen LogP contribution in [-0.4, -0.2) is 64.8 Å². The molecule has 6 heteroatoms. The van der Waals surface area contributed by atoms with Gasteiger partial charge in [0.1, 0.15) is 0 Å². The van der Waals surface area contributed by atoms with Gasteiger partial charge in [-0.25, -0.2) is 0 Å². The molecule has 1 fully saturated rings. The summed E-state index contributed by atoms with van der Waals surface area (Å²) >= 11 is 1.68. The molecule has 24 heavy (non-hydrogen) atoms. The lowest BCUT2D eigenvalue weighted by atomic mass is 10.1. The second-order valence-corrected chi connectivity index (χ2v) is 7.88. The molecule has 2 aliphatic rings. The van der Waals surface area contributed by atoms with E-state index in [2.05, 4.69) is 12.1 Å². The minimum atomic E-state index is -0.796. The number of carbonyl (C=O) groups is 2. The minimum absolute atomic E-state index is 0.00398. The Bertz CT molecular complexity index is 597. The fourth-order valence-electron chi connectivity index (χ4n) is 3.61. The van der Waals surface area contributed by atoms with Gasteiger partial charge in [-0.15, -0.1) is 11.8 Å². The maximum Gasteiger partial charge on any atom is 0.317 e. The summed E-state index contributed by atoms with van der Waals surface area (Å²) in [5.41, 5.74) is 1.27. The van der Waals surface area contributed by atoms with Crippen LogP contribution in [0.25, 0.3) is 0 Å². The van der Waals surface area contributed by atoms with Crippen LogP contribution in [0.2, 0.25) is 0 Å². The second kappa shape index (κ2) is 7.57. The summed E-state index contributed by atoms with van der Waals surface area (Å²) in [6.07, 6.45) is 3.55. The first kappa shape index (κ1) is 17.3. The molecule has 0 spiro atoms. The highest BCUT2D eigenvalue weighted by atomic mass is 32.2. The first-order valence-corrected chi connectivity index (χ1v) is 9.38. The fraction of sp³-hybridized carbons (Fsp3) is 0.556. The number of carboxylic acids is 1. The number of carbonyl (C=O) groups excluding carboxylic acids is 1. The Morgan fingerprint density at radius 1 is 1.29 bits per heavy atom. The third kappa shape index (κ3) is 3.92. The highest BCUT2D eigenvalue weighted by molar-refractivity contribution is 8.01. The van der Waals surface area contributed by atoms with Crippen LogP contribution in [0.15, 0.2) is 29.2 Å². The van der Waals surface area contributed by atoms with Crippen molar-refractivity contribution in [2.45, 2.75) is 41.9 Å². The zero-order valence-corrected chi connectivity index (χ0v) is 14.8.